The average Bonchev–Trinajstić information content (AvgIpc) is 2.68. The molecule has 1 aliphatic heterocycles. The summed E-state index contributed by atoms with van der Waals surface area (Å²) in [6.07, 6.45) is 5.24. The number of piperidine rings is 1. The number of anilines is 1. The van der Waals surface area contributed by atoms with Gasteiger partial charge in [-0.3, -0.25) is 9.59 Å². The number of nitrogens with one attached hydrogen (secondary N) is 3. The quantitative estimate of drug-likeness (QED) is 0.415. The maximum Gasteiger partial charge on any atom is 0.251 e. The van der Waals surface area contributed by atoms with E-state index in [1.54, 1.807) is 11.9 Å². The summed E-state index contributed by atoms with van der Waals surface area (Å²) in [5, 5.41) is 13.4. The van der Waals surface area contributed by atoms with Crippen molar-refractivity contribution in [1.29, 1.82) is 5.41 Å². The largest absolute Gasteiger partial charge is 0.393 e. The second-order valence-corrected chi connectivity index (χ2v) is 6.49. The van der Waals surface area contributed by atoms with Crippen LogP contribution in [0.5, 0.6) is 0 Å². The number of nitrogens with two attached hydrogens (primary N) is 1. The van der Waals surface area contributed by atoms with Crippen molar-refractivity contribution in [3.8, 4) is 0 Å². The molecule has 9 heteroatoms. The van der Waals surface area contributed by atoms with Gasteiger partial charge in [0, 0.05) is 49.7 Å². The van der Waals surface area contributed by atoms with Crippen LogP contribution in [0.1, 0.15) is 34.5 Å². The molecule has 1 aromatic heterocycles. The van der Waals surface area contributed by atoms with Gasteiger partial charge < -0.3 is 26.7 Å². The molecule has 1 saturated heterocycles. The minimum absolute atomic E-state index is 0.0424. The Bertz CT molecular complexity index is 836. The summed E-state index contributed by atoms with van der Waals surface area (Å²) >= 11 is 0. The molecule has 0 radical (unpaired) electrons. The van der Waals surface area contributed by atoms with Crippen molar-refractivity contribution >= 4 is 29.4 Å². The van der Waals surface area contributed by atoms with E-state index >= 15 is 0 Å². The maximum atomic E-state index is 14.9. The van der Waals surface area contributed by atoms with Gasteiger partial charge in [-0.05, 0) is 25.8 Å². The standard InChI is InChI=1S/C19H25FN6O2/c1-4-14(27)26-7-5-6-13(10-26)24-19-16(20)11(2)15(18(22)28)17(25-19)12(8-21)9-23-3/h4,8-9,13,21,23H,1,5-7,10H2,2-3H3,(H2,22,28)(H,24,25)/b12-9+,21-8?/t13-/m1/s1. The summed E-state index contributed by atoms with van der Waals surface area (Å²) < 4.78 is 14.9. The van der Waals surface area contributed by atoms with Gasteiger partial charge in [-0.1, -0.05) is 6.58 Å². The van der Waals surface area contributed by atoms with E-state index in [4.69, 9.17) is 11.1 Å². The van der Waals surface area contributed by atoms with Gasteiger partial charge >= 0.3 is 0 Å². The van der Waals surface area contributed by atoms with Crippen LogP contribution in [0, 0.1) is 18.2 Å². The topological polar surface area (TPSA) is 124 Å². The predicted molar refractivity (Wildman–Crippen MR) is 107 cm³/mol. The van der Waals surface area contributed by atoms with Crippen molar-refractivity contribution in [3.05, 3.63) is 41.5 Å². The number of nitrogens with zero attached hydrogens (tertiary/aromatic N) is 2. The van der Waals surface area contributed by atoms with Gasteiger partial charge in [0.05, 0.1) is 11.3 Å². The van der Waals surface area contributed by atoms with E-state index in [1.165, 1.54) is 19.2 Å². The number of likely N-dealkylation sites (tertiary alicyclic amines) is 1. The van der Waals surface area contributed by atoms with Crippen molar-refractivity contribution in [2.45, 2.75) is 25.8 Å². The molecule has 2 heterocycles. The van der Waals surface area contributed by atoms with Crippen molar-refractivity contribution in [2.24, 2.45) is 5.73 Å². The summed E-state index contributed by atoms with van der Waals surface area (Å²) in [4.78, 5) is 29.6. The van der Waals surface area contributed by atoms with Crippen LogP contribution in [-0.2, 0) is 4.79 Å². The van der Waals surface area contributed by atoms with Gasteiger partial charge in [0.1, 0.15) is 0 Å². The Hall–Kier alpha value is -3.23. The third-order valence-electron chi connectivity index (χ3n) is 4.60. The molecule has 0 spiro atoms. The molecule has 0 saturated carbocycles. The number of pyridine rings is 1. The smallest absolute Gasteiger partial charge is 0.251 e. The molecule has 0 aliphatic carbocycles. The molecule has 2 rings (SSSR count). The zero-order chi connectivity index (χ0) is 20.8. The Morgan fingerprint density at radius 1 is 1.46 bits per heavy atom. The zero-order valence-corrected chi connectivity index (χ0v) is 16.0. The lowest BCUT2D eigenvalue weighted by molar-refractivity contribution is -0.127. The number of carbonyl (C=O) groups excluding carboxylic acids is 2. The lowest BCUT2D eigenvalue weighted by atomic mass is 10.0. The number of halogens is 1. The molecule has 2 amide bonds. The molecule has 1 aromatic rings. The second-order valence-electron chi connectivity index (χ2n) is 6.49. The lowest BCUT2D eigenvalue weighted by Crippen LogP contribution is -2.44. The number of hydrogen-bond acceptors (Lipinski definition) is 6. The van der Waals surface area contributed by atoms with Crippen molar-refractivity contribution in [3.63, 3.8) is 0 Å². The number of carbonyl (C=O) groups is 2. The van der Waals surface area contributed by atoms with E-state index in [2.05, 4.69) is 22.2 Å². The summed E-state index contributed by atoms with van der Waals surface area (Å²) in [6.45, 7) is 5.95. The van der Waals surface area contributed by atoms with Crippen LogP contribution in [0.3, 0.4) is 0 Å². The van der Waals surface area contributed by atoms with Crippen LogP contribution >= 0.6 is 0 Å². The van der Waals surface area contributed by atoms with E-state index in [-0.39, 0.29) is 40.2 Å². The van der Waals surface area contributed by atoms with Crippen LogP contribution in [0.4, 0.5) is 10.2 Å². The summed E-state index contributed by atoms with van der Waals surface area (Å²) in [6, 6.07) is -0.206. The van der Waals surface area contributed by atoms with E-state index < -0.39 is 11.7 Å². The van der Waals surface area contributed by atoms with Crippen LogP contribution < -0.4 is 16.4 Å². The van der Waals surface area contributed by atoms with Crippen LogP contribution in [-0.4, -0.2) is 54.1 Å². The van der Waals surface area contributed by atoms with Gasteiger partial charge in [-0.15, -0.1) is 0 Å². The average molecular weight is 388 g/mol. The zero-order valence-electron chi connectivity index (χ0n) is 16.0. The normalized spacial score (nSPS) is 17.0. The van der Waals surface area contributed by atoms with Gasteiger partial charge in [0.2, 0.25) is 5.91 Å². The van der Waals surface area contributed by atoms with Crippen LogP contribution in [0.15, 0.2) is 18.9 Å². The SMILES string of the molecule is C=CC(=O)N1CCC[C@@H](Nc2nc(/C(C=N)=C/NC)c(C(N)=O)c(C)c2F)C1. The molecule has 1 atom stereocenters. The Labute approximate surface area is 163 Å². The summed E-state index contributed by atoms with van der Waals surface area (Å²) in [5.41, 5.74) is 5.82. The van der Waals surface area contributed by atoms with Crippen molar-refractivity contribution < 1.29 is 14.0 Å². The third-order valence-corrected chi connectivity index (χ3v) is 4.60. The molecule has 8 nitrogen and oxygen atoms in total. The number of aromatic nitrogens is 1. The number of rotatable bonds is 7. The first-order valence-corrected chi connectivity index (χ1v) is 8.90. The first kappa shape index (κ1) is 21.1. The fourth-order valence-electron chi connectivity index (χ4n) is 3.24. The van der Waals surface area contributed by atoms with E-state index in [1.807, 2.05) is 0 Å². The summed E-state index contributed by atoms with van der Waals surface area (Å²) in [5.74, 6) is -1.73. The first-order valence-electron chi connectivity index (χ1n) is 8.90. The molecule has 28 heavy (non-hydrogen) atoms. The Kier molecular flexibility index (Phi) is 6.86. The van der Waals surface area contributed by atoms with E-state index in [0.29, 0.717) is 13.1 Å². The lowest BCUT2D eigenvalue weighted by Gasteiger charge is -2.33. The molecular weight excluding hydrogens is 363 g/mol. The molecule has 0 bridgehead atoms. The highest BCUT2D eigenvalue weighted by Crippen LogP contribution is 2.27. The van der Waals surface area contributed by atoms with Gasteiger partial charge in [0.15, 0.2) is 11.6 Å². The van der Waals surface area contributed by atoms with Gasteiger partial charge in [-0.2, -0.15) is 0 Å². The van der Waals surface area contributed by atoms with E-state index in [0.717, 1.165) is 19.1 Å². The number of hydrogen-bond donors (Lipinski definition) is 4. The van der Waals surface area contributed by atoms with Crippen LogP contribution in [0.25, 0.3) is 5.57 Å². The maximum absolute atomic E-state index is 14.9. The molecule has 1 fully saturated rings. The van der Waals surface area contributed by atoms with Crippen molar-refractivity contribution in [1.82, 2.24) is 15.2 Å². The molecule has 1 aliphatic rings. The Balaban J connectivity index is 2.44. The Morgan fingerprint density at radius 2 is 2.18 bits per heavy atom. The molecule has 0 aromatic carbocycles. The fourth-order valence-corrected chi connectivity index (χ4v) is 3.24. The van der Waals surface area contributed by atoms with Crippen molar-refractivity contribution in [2.75, 3.05) is 25.5 Å². The second kappa shape index (κ2) is 9.12. The monoisotopic (exact) mass is 388 g/mol. The number of amides is 2. The number of allylic oxidation sites excluding steroid dienone is 1. The van der Waals surface area contributed by atoms with Gasteiger partial charge in [0.25, 0.3) is 5.91 Å². The third kappa shape index (κ3) is 4.36. The molecular formula is C19H25FN6O2. The minimum Gasteiger partial charge on any atom is -0.393 e. The predicted octanol–water partition coefficient (Wildman–Crippen LogP) is 1.43. The highest BCUT2D eigenvalue weighted by atomic mass is 19.1. The first-order chi connectivity index (χ1) is 13.3. The highest BCUT2D eigenvalue weighted by molar-refractivity contribution is 6.12. The molecule has 5 N–H and O–H groups in total. The molecule has 150 valence electrons. The summed E-state index contributed by atoms with van der Waals surface area (Å²) in [7, 11) is 1.64. The Morgan fingerprint density at radius 3 is 2.75 bits per heavy atom. The van der Waals surface area contributed by atoms with E-state index in [9.17, 15) is 14.0 Å². The highest BCUT2D eigenvalue weighted by Gasteiger charge is 2.26. The van der Waals surface area contributed by atoms with Crippen LogP contribution in [0.2, 0.25) is 0 Å². The van der Waals surface area contributed by atoms with Gasteiger partial charge in [-0.25, -0.2) is 9.37 Å². The fraction of sp³-hybridized carbons (Fsp3) is 0.368. The molecule has 0 unspecified atom stereocenters. The minimum atomic E-state index is -0.824. The number of primary amides is 1.